The molecule has 1 saturated heterocycles. The average Bonchev–Trinajstić information content (AvgIpc) is 2.58. The Bertz CT molecular complexity index is 657. The zero-order chi connectivity index (χ0) is 16.2. The fourth-order valence-corrected chi connectivity index (χ4v) is 3.00. The van der Waals surface area contributed by atoms with E-state index in [0.29, 0.717) is 17.6 Å². The van der Waals surface area contributed by atoms with Crippen LogP contribution in [0.4, 0.5) is 11.5 Å². The molecule has 0 amide bonds. The van der Waals surface area contributed by atoms with Crippen molar-refractivity contribution in [3.05, 3.63) is 36.2 Å². The number of nitrogens with two attached hydrogens (primary N) is 1. The second-order valence-electron chi connectivity index (χ2n) is 6.05. The smallest absolute Gasteiger partial charge is 0.248 e. The van der Waals surface area contributed by atoms with Crippen molar-refractivity contribution < 1.29 is 4.74 Å². The molecule has 1 aromatic heterocycles. The molecular formula is C18H24N4O. The lowest BCUT2D eigenvalue weighted by molar-refractivity contribution is 0.458. The molecule has 1 aliphatic rings. The predicted molar refractivity (Wildman–Crippen MR) is 93.0 cm³/mol. The van der Waals surface area contributed by atoms with Gasteiger partial charge < -0.3 is 15.4 Å². The van der Waals surface area contributed by atoms with Gasteiger partial charge in [-0.05, 0) is 50.3 Å². The summed E-state index contributed by atoms with van der Waals surface area (Å²) in [6, 6.07) is 8.45. The summed E-state index contributed by atoms with van der Waals surface area (Å²) in [4.78, 5) is 10.9. The number of nitrogens with zero attached hydrogens (tertiary/aromatic N) is 3. The van der Waals surface area contributed by atoms with E-state index in [9.17, 15) is 0 Å². The molecule has 5 heteroatoms. The maximum absolute atomic E-state index is 6.29. The summed E-state index contributed by atoms with van der Waals surface area (Å²) in [5, 5.41) is 0. The van der Waals surface area contributed by atoms with Crippen LogP contribution in [-0.2, 0) is 6.42 Å². The maximum atomic E-state index is 6.29. The van der Waals surface area contributed by atoms with Crippen molar-refractivity contribution in [2.45, 2.75) is 45.6 Å². The van der Waals surface area contributed by atoms with E-state index in [4.69, 9.17) is 10.5 Å². The van der Waals surface area contributed by atoms with Gasteiger partial charge >= 0.3 is 0 Å². The van der Waals surface area contributed by atoms with Crippen LogP contribution in [0.3, 0.4) is 0 Å². The van der Waals surface area contributed by atoms with Crippen LogP contribution in [0.25, 0.3) is 0 Å². The van der Waals surface area contributed by atoms with Crippen molar-refractivity contribution in [2.75, 3.05) is 17.2 Å². The molecule has 23 heavy (non-hydrogen) atoms. The quantitative estimate of drug-likeness (QED) is 0.930. The first-order valence-electron chi connectivity index (χ1n) is 8.33. The molecule has 1 fully saturated rings. The molecule has 122 valence electrons. The summed E-state index contributed by atoms with van der Waals surface area (Å²) in [6.07, 6.45) is 6.13. The van der Waals surface area contributed by atoms with Gasteiger partial charge in [0.1, 0.15) is 17.8 Å². The number of nitrogen functional groups attached to an aromatic ring is 1. The molecule has 1 aliphatic heterocycles. The van der Waals surface area contributed by atoms with E-state index in [1.807, 2.05) is 12.1 Å². The van der Waals surface area contributed by atoms with E-state index in [1.54, 1.807) is 0 Å². The van der Waals surface area contributed by atoms with Crippen LogP contribution in [0, 0.1) is 0 Å². The molecule has 2 aromatic rings. The van der Waals surface area contributed by atoms with Crippen molar-refractivity contribution in [3.63, 3.8) is 0 Å². The number of hydrogen-bond donors (Lipinski definition) is 1. The molecule has 1 unspecified atom stereocenters. The topological polar surface area (TPSA) is 64.3 Å². The Morgan fingerprint density at radius 3 is 2.70 bits per heavy atom. The highest BCUT2D eigenvalue weighted by molar-refractivity contribution is 5.68. The highest BCUT2D eigenvalue weighted by atomic mass is 16.5. The Morgan fingerprint density at radius 2 is 2.00 bits per heavy atom. The second kappa shape index (κ2) is 6.86. The van der Waals surface area contributed by atoms with Crippen molar-refractivity contribution >= 4 is 11.5 Å². The van der Waals surface area contributed by atoms with Gasteiger partial charge in [0, 0.05) is 12.6 Å². The van der Waals surface area contributed by atoms with Crippen LogP contribution in [0.15, 0.2) is 30.6 Å². The summed E-state index contributed by atoms with van der Waals surface area (Å²) in [5.74, 6) is 1.95. The van der Waals surface area contributed by atoms with Gasteiger partial charge in [-0.3, -0.25) is 0 Å². The summed E-state index contributed by atoms with van der Waals surface area (Å²) < 4.78 is 5.87. The first kappa shape index (κ1) is 15.6. The number of hydrogen-bond acceptors (Lipinski definition) is 5. The van der Waals surface area contributed by atoms with E-state index < -0.39 is 0 Å². The molecule has 1 atom stereocenters. The zero-order valence-corrected chi connectivity index (χ0v) is 13.8. The average molecular weight is 312 g/mol. The van der Waals surface area contributed by atoms with E-state index in [1.165, 1.54) is 24.7 Å². The third-order valence-corrected chi connectivity index (χ3v) is 4.45. The SMILES string of the molecule is CCc1ccc(Oc2ncnc(N3CCCCC3C)c2N)cc1. The molecule has 2 N–H and O–H groups in total. The van der Waals surface area contributed by atoms with Crippen LogP contribution in [0.2, 0.25) is 0 Å². The van der Waals surface area contributed by atoms with E-state index >= 15 is 0 Å². The van der Waals surface area contributed by atoms with Crippen molar-refractivity contribution in [2.24, 2.45) is 0 Å². The lowest BCUT2D eigenvalue weighted by Crippen LogP contribution is -2.38. The Labute approximate surface area is 137 Å². The third-order valence-electron chi connectivity index (χ3n) is 4.45. The van der Waals surface area contributed by atoms with E-state index in [0.717, 1.165) is 31.0 Å². The van der Waals surface area contributed by atoms with Gasteiger partial charge in [0.2, 0.25) is 5.88 Å². The lowest BCUT2D eigenvalue weighted by atomic mass is 10.0. The molecular weight excluding hydrogens is 288 g/mol. The zero-order valence-electron chi connectivity index (χ0n) is 13.8. The Balaban J connectivity index is 1.83. The fourth-order valence-electron chi connectivity index (χ4n) is 3.00. The summed E-state index contributed by atoms with van der Waals surface area (Å²) >= 11 is 0. The van der Waals surface area contributed by atoms with Gasteiger partial charge in [0.05, 0.1) is 0 Å². The number of aromatic nitrogens is 2. The summed E-state index contributed by atoms with van der Waals surface area (Å²) in [6.45, 7) is 5.32. The third kappa shape index (κ3) is 3.38. The molecule has 2 heterocycles. The number of aryl methyl sites for hydroxylation is 1. The Hall–Kier alpha value is -2.30. The largest absolute Gasteiger partial charge is 0.437 e. The summed E-state index contributed by atoms with van der Waals surface area (Å²) in [7, 11) is 0. The molecule has 0 saturated carbocycles. The number of anilines is 2. The van der Waals surface area contributed by atoms with Gasteiger partial charge in [-0.25, -0.2) is 4.98 Å². The number of benzene rings is 1. The highest BCUT2D eigenvalue weighted by Gasteiger charge is 2.23. The predicted octanol–water partition coefficient (Wildman–Crippen LogP) is 3.79. The van der Waals surface area contributed by atoms with Crippen LogP contribution >= 0.6 is 0 Å². The number of ether oxygens (including phenoxy) is 1. The normalized spacial score (nSPS) is 18.0. The minimum atomic E-state index is 0.428. The minimum absolute atomic E-state index is 0.428. The molecule has 0 spiro atoms. The van der Waals surface area contributed by atoms with Gasteiger partial charge in [-0.15, -0.1) is 0 Å². The highest BCUT2D eigenvalue weighted by Crippen LogP contribution is 2.34. The molecule has 0 bridgehead atoms. The number of piperidine rings is 1. The first-order valence-corrected chi connectivity index (χ1v) is 8.33. The first-order chi connectivity index (χ1) is 11.2. The molecule has 0 aliphatic carbocycles. The lowest BCUT2D eigenvalue weighted by Gasteiger charge is -2.35. The van der Waals surface area contributed by atoms with Crippen LogP contribution in [-0.4, -0.2) is 22.6 Å². The standard InChI is InChI=1S/C18H24N4O/c1-3-14-7-9-15(10-8-14)23-18-16(19)17(20-12-21-18)22-11-5-4-6-13(22)2/h7-10,12-13H,3-6,11,19H2,1-2H3. The monoisotopic (exact) mass is 312 g/mol. The van der Waals surface area contributed by atoms with Gasteiger partial charge in [0.25, 0.3) is 0 Å². The van der Waals surface area contributed by atoms with E-state index in [-0.39, 0.29) is 0 Å². The number of rotatable bonds is 4. The van der Waals surface area contributed by atoms with Gasteiger partial charge in [-0.1, -0.05) is 19.1 Å². The maximum Gasteiger partial charge on any atom is 0.248 e. The van der Waals surface area contributed by atoms with Gasteiger partial charge in [0.15, 0.2) is 5.82 Å². The summed E-state index contributed by atoms with van der Waals surface area (Å²) in [5.41, 5.74) is 8.08. The molecule has 3 rings (SSSR count). The van der Waals surface area contributed by atoms with Crippen molar-refractivity contribution in [1.29, 1.82) is 0 Å². The van der Waals surface area contributed by atoms with Crippen LogP contribution in [0.5, 0.6) is 11.6 Å². The minimum Gasteiger partial charge on any atom is -0.437 e. The van der Waals surface area contributed by atoms with Crippen molar-refractivity contribution in [3.8, 4) is 11.6 Å². The molecule has 5 nitrogen and oxygen atoms in total. The van der Waals surface area contributed by atoms with Gasteiger partial charge in [-0.2, -0.15) is 4.98 Å². The molecule has 1 aromatic carbocycles. The second-order valence-corrected chi connectivity index (χ2v) is 6.05. The Morgan fingerprint density at radius 1 is 1.22 bits per heavy atom. The molecule has 0 radical (unpaired) electrons. The van der Waals surface area contributed by atoms with E-state index in [2.05, 4.69) is 40.8 Å². The van der Waals surface area contributed by atoms with Crippen molar-refractivity contribution in [1.82, 2.24) is 9.97 Å². The Kier molecular flexibility index (Phi) is 4.65. The van der Waals surface area contributed by atoms with Crippen LogP contribution < -0.4 is 15.4 Å². The fraction of sp³-hybridized carbons (Fsp3) is 0.444. The van der Waals surface area contributed by atoms with Crippen LogP contribution in [0.1, 0.15) is 38.7 Å².